The van der Waals surface area contributed by atoms with E-state index in [0.717, 1.165) is 26.3 Å². The van der Waals surface area contributed by atoms with E-state index in [4.69, 9.17) is 22.1 Å². The Morgan fingerprint density at radius 1 is 1.35 bits per heavy atom. The van der Waals surface area contributed by atoms with Crippen molar-refractivity contribution in [3.8, 4) is 0 Å². The van der Waals surface area contributed by atoms with Gasteiger partial charge < -0.3 is 15.8 Å². The Morgan fingerprint density at radius 2 is 2.00 bits per heavy atom. The zero-order valence-corrected chi connectivity index (χ0v) is 11.9. The van der Waals surface area contributed by atoms with Crippen molar-refractivity contribution in [1.29, 1.82) is 0 Å². The van der Waals surface area contributed by atoms with E-state index >= 15 is 0 Å². The Bertz CT molecular complexity index is 482. The van der Waals surface area contributed by atoms with E-state index in [-0.39, 0.29) is 11.6 Å². The zero-order valence-electron chi connectivity index (χ0n) is 11.1. The van der Waals surface area contributed by atoms with Gasteiger partial charge in [-0.15, -0.1) is 0 Å². The van der Waals surface area contributed by atoms with Gasteiger partial charge in [0.1, 0.15) is 0 Å². The Balaban J connectivity index is 1.85. The summed E-state index contributed by atoms with van der Waals surface area (Å²) in [4.78, 5) is 14.1. The van der Waals surface area contributed by atoms with Crippen molar-refractivity contribution in [2.24, 2.45) is 5.73 Å². The van der Waals surface area contributed by atoms with Crippen molar-refractivity contribution < 1.29 is 9.53 Å². The van der Waals surface area contributed by atoms with Crippen LogP contribution in [0.15, 0.2) is 36.0 Å². The molecule has 0 unspecified atom stereocenters. The number of carbonyl (C=O) groups excluding carboxylic acids is 1. The number of nitrogens with one attached hydrogen (secondary N) is 1. The molecule has 1 aliphatic rings. The predicted molar refractivity (Wildman–Crippen MR) is 79.6 cm³/mol. The van der Waals surface area contributed by atoms with Crippen LogP contribution in [0.4, 0.5) is 5.69 Å². The van der Waals surface area contributed by atoms with Crippen LogP contribution >= 0.6 is 11.6 Å². The summed E-state index contributed by atoms with van der Waals surface area (Å²) in [5.74, 6) is -0.305. The number of benzene rings is 1. The van der Waals surface area contributed by atoms with Crippen LogP contribution in [0, 0.1) is 0 Å². The average Bonchev–Trinajstić information content (AvgIpc) is 2.48. The summed E-state index contributed by atoms with van der Waals surface area (Å²) in [6.07, 6.45) is 1.73. The van der Waals surface area contributed by atoms with Crippen LogP contribution in [0.25, 0.3) is 0 Å². The molecule has 0 radical (unpaired) electrons. The van der Waals surface area contributed by atoms with Crippen molar-refractivity contribution in [3.05, 3.63) is 41.1 Å². The standard InChI is InChI=1S/C14H18ClN3O2/c15-11-1-3-12(4-2-11)17-14(19)13(16)5-6-18-7-9-20-10-8-18/h1-5H,6-10,16H2,(H,17,19)/b13-5+. The van der Waals surface area contributed by atoms with Gasteiger partial charge in [0.25, 0.3) is 5.91 Å². The number of hydrogen-bond donors (Lipinski definition) is 2. The highest BCUT2D eigenvalue weighted by atomic mass is 35.5. The molecule has 20 heavy (non-hydrogen) atoms. The second-order valence-corrected chi connectivity index (χ2v) is 4.97. The monoisotopic (exact) mass is 295 g/mol. The molecule has 3 N–H and O–H groups in total. The van der Waals surface area contributed by atoms with Crippen molar-refractivity contribution in [1.82, 2.24) is 4.90 Å². The van der Waals surface area contributed by atoms with E-state index in [0.29, 0.717) is 17.3 Å². The molecule has 0 spiro atoms. The summed E-state index contributed by atoms with van der Waals surface area (Å²) < 4.78 is 5.26. The molecule has 108 valence electrons. The minimum Gasteiger partial charge on any atom is -0.394 e. The fourth-order valence-electron chi connectivity index (χ4n) is 1.84. The number of anilines is 1. The van der Waals surface area contributed by atoms with E-state index in [1.165, 1.54) is 0 Å². The van der Waals surface area contributed by atoms with Crippen LogP contribution < -0.4 is 11.1 Å². The Kier molecular flexibility index (Phi) is 5.40. The largest absolute Gasteiger partial charge is 0.394 e. The summed E-state index contributed by atoms with van der Waals surface area (Å²) in [6, 6.07) is 6.89. The molecular weight excluding hydrogens is 278 g/mol. The third kappa shape index (κ3) is 4.52. The minimum atomic E-state index is -0.305. The van der Waals surface area contributed by atoms with E-state index in [9.17, 15) is 4.79 Å². The van der Waals surface area contributed by atoms with Gasteiger partial charge in [-0.1, -0.05) is 11.6 Å². The topological polar surface area (TPSA) is 67.6 Å². The molecule has 1 heterocycles. The number of morpholine rings is 1. The van der Waals surface area contributed by atoms with E-state index in [1.807, 2.05) is 0 Å². The second kappa shape index (κ2) is 7.28. The molecule has 1 saturated heterocycles. The quantitative estimate of drug-likeness (QED) is 0.825. The molecule has 1 aromatic carbocycles. The van der Waals surface area contributed by atoms with Crippen molar-refractivity contribution in [3.63, 3.8) is 0 Å². The smallest absolute Gasteiger partial charge is 0.271 e. The first kappa shape index (κ1) is 14.8. The fraction of sp³-hybridized carbons (Fsp3) is 0.357. The maximum absolute atomic E-state index is 11.9. The number of rotatable bonds is 4. The predicted octanol–water partition coefficient (Wildman–Crippen LogP) is 1.45. The molecule has 2 rings (SSSR count). The number of carbonyl (C=O) groups is 1. The van der Waals surface area contributed by atoms with Crippen LogP contribution in [0.1, 0.15) is 0 Å². The molecule has 0 atom stereocenters. The molecule has 1 fully saturated rings. The lowest BCUT2D eigenvalue weighted by Crippen LogP contribution is -2.36. The summed E-state index contributed by atoms with van der Waals surface area (Å²) in [6.45, 7) is 3.84. The molecule has 0 aromatic heterocycles. The lowest BCUT2D eigenvalue weighted by molar-refractivity contribution is -0.112. The van der Waals surface area contributed by atoms with Crippen LogP contribution in [-0.4, -0.2) is 43.7 Å². The molecule has 6 heteroatoms. The number of ether oxygens (including phenoxy) is 1. The van der Waals surface area contributed by atoms with Crippen LogP contribution in [0.5, 0.6) is 0 Å². The molecule has 1 amide bonds. The third-order valence-corrected chi connectivity index (χ3v) is 3.29. The van der Waals surface area contributed by atoms with Gasteiger partial charge >= 0.3 is 0 Å². The number of amides is 1. The number of hydrogen-bond acceptors (Lipinski definition) is 4. The number of nitrogens with two attached hydrogens (primary N) is 1. The maximum atomic E-state index is 11.9. The molecular formula is C14H18ClN3O2. The first-order chi connectivity index (χ1) is 9.65. The summed E-state index contributed by atoms with van der Waals surface area (Å²) >= 11 is 5.78. The van der Waals surface area contributed by atoms with Gasteiger partial charge in [0.05, 0.1) is 18.9 Å². The lowest BCUT2D eigenvalue weighted by atomic mass is 10.3. The number of nitrogens with zero attached hydrogens (tertiary/aromatic N) is 1. The third-order valence-electron chi connectivity index (χ3n) is 3.04. The fourth-order valence-corrected chi connectivity index (χ4v) is 1.97. The highest BCUT2D eigenvalue weighted by Gasteiger charge is 2.10. The van der Waals surface area contributed by atoms with E-state index < -0.39 is 0 Å². The van der Waals surface area contributed by atoms with Gasteiger partial charge in [-0.25, -0.2) is 0 Å². The Morgan fingerprint density at radius 3 is 2.65 bits per heavy atom. The molecule has 5 nitrogen and oxygen atoms in total. The maximum Gasteiger partial charge on any atom is 0.271 e. The van der Waals surface area contributed by atoms with Gasteiger partial charge in [-0.3, -0.25) is 9.69 Å². The highest BCUT2D eigenvalue weighted by Crippen LogP contribution is 2.13. The summed E-state index contributed by atoms with van der Waals surface area (Å²) in [5.41, 5.74) is 6.66. The van der Waals surface area contributed by atoms with Gasteiger partial charge in [0.2, 0.25) is 0 Å². The first-order valence-corrected chi connectivity index (χ1v) is 6.85. The normalized spacial score (nSPS) is 16.9. The molecule has 0 aliphatic carbocycles. The molecule has 1 aromatic rings. The van der Waals surface area contributed by atoms with Gasteiger partial charge in [-0.2, -0.15) is 0 Å². The molecule has 1 aliphatic heterocycles. The van der Waals surface area contributed by atoms with E-state index in [2.05, 4.69) is 10.2 Å². The van der Waals surface area contributed by atoms with E-state index in [1.54, 1.807) is 30.3 Å². The van der Waals surface area contributed by atoms with Gasteiger partial charge in [0, 0.05) is 30.3 Å². The van der Waals surface area contributed by atoms with Crippen molar-refractivity contribution in [2.45, 2.75) is 0 Å². The second-order valence-electron chi connectivity index (χ2n) is 4.53. The van der Waals surface area contributed by atoms with Gasteiger partial charge in [0.15, 0.2) is 0 Å². The number of halogens is 1. The van der Waals surface area contributed by atoms with Gasteiger partial charge in [-0.05, 0) is 30.3 Å². The van der Waals surface area contributed by atoms with Crippen LogP contribution in [0.2, 0.25) is 5.02 Å². The van der Waals surface area contributed by atoms with Crippen LogP contribution in [0.3, 0.4) is 0 Å². The molecule has 0 saturated carbocycles. The average molecular weight is 296 g/mol. The Hall–Kier alpha value is -1.56. The first-order valence-electron chi connectivity index (χ1n) is 6.48. The van der Waals surface area contributed by atoms with Crippen LogP contribution in [-0.2, 0) is 9.53 Å². The Labute approximate surface area is 123 Å². The molecule has 0 bridgehead atoms. The van der Waals surface area contributed by atoms with Crippen molar-refractivity contribution in [2.75, 3.05) is 38.2 Å². The summed E-state index contributed by atoms with van der Waals surface area (Å²) in [5, 5.41) is 3.35. The minimum absolute atomic E-state index is 0.214. The lowest BCUT2D eigenvalue weighted by Gasteiger charge is -2.25. The zero-order chi connectivity index (χ0) is 14.4. The SMILES string of the molecule is N/C(=C/CN1CCOCC1)C(=O)Nc1ccc(Cl)cc1. The van der Waals surface area contributed by atoms with Crippen molar-refractivity contribution >= 4 is 23.2 Å². The summed E-state index contributed by atoms with van der Waals surface area (Å²) in [7, 11) is 0. The highest BCUT2D eigenvalue weighted by molar-refractivity contribution is 6.30.